The minimum atomic E-state index is -4.34. The Kier molecular flexibility index (Phi) is 7.09. The number of hydrogen-bond acceptors (Lipinski definition) is 2. The molecule has 0 amide bonds. The lowest BCUT2D eigenvalue weighted by molar-refractivity contribution is -0.137. The molecule has 26 heavy (non-hydrogen) atoms. The number of halogens is 4. The highest BCUT2D eigenvalue weighted by Crippen LogP contribution is 2.34. The summed E-state index contributed by atoms with van der Waals surface area (Å²) in [4.78, 5) is 0. The average molecular weight is 386 g/mol. The van der Waals surface area contributed by atoms with Gasteiger partial charge in [-0.3, -0.25) is 0 Å². The van der Waals surface area contributed by atoms with Crippen molar-refractivity contribution in [2.24, 2.45) is 0 Å². The molecule has 1 aliphatic heterocycles. The normalized spacial score (nSPS) is 21.7. The van der Waals surface area contributed by atoms with Crippen LogP contribution in [0.1, 0.15) is 48.6 Å². The van der Waals surface area contributed by atoms with E-state index in [1.807, 2.05) is 37.3 Å². The fourth-order valence-electron chi connectivity index (χ4n) is 3.31. The third kappa shape index (κ3) is 5.00. The molecule has 1 saturated heterocycles. The lowest BCUT2D eigenvalue weighted by Crippen LogP contribution is -2.39. The number of piperidine rings is 1. The fourth-order valence-corrected chi connectivity index (χ4v) is 3.31. The van der Waals surface area contributed by atoms with Gasteiger partial charge in [-0.25, -0.2) is 0 Å². The molecule has 1 unspecified atom stereocenters. The Balaban J connectivity index is 0.00000243. The van der Waals surface area contributed by atoms with Gasteiger partial charge in [-0.15, -0.1) is 12.4 Å². The molecule has 0 spiro atoms. The lowest BCUT2D eigenvalue weighted by Gasteiger charge is -2.35. The second-order valence-electron chi connectivity index (χ2n) is 6.42. The van der Waals surface area contributed by atoms with E-state index in [-0.39, 0.29) is 24.6 Å². The molecule has 3 atom stereocenters. The largest absolute Gasteiger partial charge is 0.416 e. The minimum absolute atomic E-state index is 0. The summed E-state index contributed by atoms with van der Waals surface area (Å²) in [7, 11) is 0. The van der Waals surface area contributed by atoms with Crippen molar-refractivity contribution in [3.05, 3.63) is 71.3 Å². The SMILES string of the molecule is CC(O[C@H]1CCCN[C@H]1c1ccccc1)c1cccc(C(F)(F)F)c1.Cl. The zero-order valence-corrected chi connectivity index (χ0v) is 15.3. The van der Waals surface area contributed by atoms with Crippen molar-refractivity contribution < 1.29 is 17.9 Å². The Morgan fingerprint density at radius 1 is 1.08 bits per heavy atom. The third-order valence-corrected chi connectivity index (χ3v) is 4.62. The highest BCUT2D eigenvalue weighted by Gasteiger charge is 2.32. The molecule has 1 heterocycles. The quantitative estimate of drug-likeness (QED) is 0.729. The zero-order chi connectivity index (χ0) is 17.9. The molecular formula is C20H23ClF3NO. The molecule has 1 fully saturated rings. The Hall–Kier alpha value is -1.56. The van der Waals surface area contributed by atoms with Gasteiger partial charge >= 0.3 is 6.18 Å². The lowest BCUT2D eigenvalue weighted by atomic mass is 9.94. The number of rotatable bonds is 4. The number of ether oxygens (including phenoxy) is 1. The summed E-state index contributed by atoms with van der Waals surface area (Å²) < 4.78 is 44.9. The first-order valence-corrected chi connectivity index (χ1v) is 8.56. The maximum Gasteiger partial charge on any atom is 0.416 e. The maximum atomic E-state index is 12.9. The van der Waals surface area contributed by atoms with Crippen molar-refractivity contribution in [1.29, 1.82) is 0 Å². The predicted octanol–water partition coefficient (Wildman–Crippen LogP) is 5.70. The van der Waals surface area contributed by atoms with Crippen LogP contribution in [0, 0.1) is 0 Å². The van der Waals surface area contributed by atoms with Gasteiger partial charge in [0.2, 0.25) is 0 Å². The minimum Gasteiger partial charge on any atom is -0.369 e. The third-order valence-electron chi connectivity index (χ3n) is 4.62. The van der Waals surface area contributed by atoms with Crippen LogP contribution < -0.4 is 5.32 Å². The molecule has 0 aromatic heterocycles. The summed E-state index contributed by atoms with van der Waals surface area (Å²) in [5, 5.41) is 3.47. The van der Waals surface area contributed by atoms with Crippen molar-refractivity contribution in [2.75, 3.05) is 6.54 Å². The summed E-state index contributed by atoms with van der Waals surface area (Å²) in [5.74, 6) is 0. The summed E-state index contributed by atoms with van der Waals surface area (Å²) in [6.45, 7) is 2.73. The van der Waals surface area contributed by atoms with Gasteiger partial charge in [-0.2, -0.15) is 13.2 Å². The Bertz CT molecular complexity index is 693. The molecule has 0 radical (unpaired) electrons. The van der Waals surface area contributed by atoms with Crippen LogP contribution in [-0.2, 0) is 10.9 Å². The first-order valence-electron chi connectivity index (χ1n) is 8.56. The molecule has 2 aromatic rings. The molecule has 1 N–H and O–H groups in total. The molecule has 3 rings (SSSR count). The number of alkyl halides is 3. The van der Waals surface area contributed by atoms with E-state index in [4.69, 9.17) is 4.74 Å². The molecule has 0 aliphatic carbocycles. The van der Waals surface area contributed by atoms with E-state index in [2.05, 4.69) is 5.32 Å². The second-order valence-corrected chi connectivity index (χ2v) is 6.42. The van der Waals surface area contributed by atoms with Crippen molar-refractivity contribution >= 4 is 12.4 Å². The van der Waals surface area contributed by atoms with E-state index in [1.165, 1.54) is 12.1 Å². The van der Waals surface area contributed by atoms with E-state index < -0.39 is 17.8 Å². The Labute approximate surface area is 158 Å². The Morgan fingerprint density at radius 3 is 2.50 bits per heavy atom. The van der Waals surface area contributed by atoms with Crippen LogP contribution in [-0.4, -0.2) is 12.6 Å². The van der Waals surface area contributed by atoms with Crippen LogP contribution in [0.25, 0.3) is 0 Å². The van der Waals surface area contributed by atoms with Crippen molar-refractivity contribution in [3.63, 3.8) is 0 Å². The van der Waals surface area contributed by atoms with Crippen LogP contribution in [0.5, 0.6) is 0 Å². The van der Waals surface area contributed by atoms with Gasteiger partial charge in [0.05, 0.1) is 23.8 Å². The number of benzene rings is 2. The van der Waals surface area contributed by atoms with Gasteiger partial charge in [0.15, 0.2) is 0 Å². The van der Waals surface area contributed by atoms with Gasteiger partial charge in [0.25, 0.3) is 0 Å². The molecule has 0 bridgehead atoms. The monoisotopic (exact) mass is 385 g/mol. The Morgan fingerprint density at radius 2 is 1.81 bits per heavy atom. The van der Waals surface area contributed by atoms with Crippen LogP contribution in [0.3, 0.4) is 0 Å². The van der Waals surface area contributed by atoms with Crippen molar-refractivity contribution in [3.8, 4) is 0 Å². The average Bonchev–Trinajstić information content (AvgIpc) is 2.62. The van der Waals surface area contributed by atoms with Crippen molar-refractivity contribution in [2.45, 2.75) is 44.2 Å². The summed E-state index contributed by atoms with van der Waals surface area (Å²) in [6, 6.07) is 15.5. The topological polar surface area (TPSA) is 21.3 Å². The smallest absolute Gasteiger partial charge is 0.369 e. The van der Waals surface area contributed by atoms with E-state index in [9.17, 15) is 13.2 Å². The highest BCUT2D eigenvalue weighted by molar-refractivity contribution is 5.85. The second kappa shape index (κ2) is 8.89. The van der Waals surface area contributed by atoms with Gasteiger partial charge in [-0.05, 0) is 49.6 Å². The molecule has 6 heteroatoms. The van der Waals surface area contributed by atoms with Gasteiger partial charge in [-0.1, -0.05) is 42.5 Å². The van der Waals surface area contributed by atoms with Crippen LogP contribution in [0.4, 0.5) is 13.2 Å². The summed E-state index contributed by atoms with van der Waals surface area (Å²) in [6.07, 6.45) is -2.94. The fraction of sp³-hybridized carbons (Fsp3) is 0.400. The van der Waals surface area contributed by atoms with Gasteiger partial charge in [0, 0.05) is 0 Å². The maximum absolute atomic E-state index is 12.9. The van der Waals surface area contributed by atoms with Crippen molar-refractivity contribution in [1.82, 2.24) is 5.32 Å². The molecular weight excluding hydrogens is 363 g/mol. The van der Waals surface area contributed by atoms with E-state index in [1.54, 1.807) is 6.07 Å². The number of nitrogens with one attached hydrogen (secondary N) is 1. The van der Waals surface area contributed by atoms with Gasteiger partial charge < -0.3 is 10.1 Å². The van der Waals surface area contributed by atoms with E-state index in [0.717, 1.165) is 31.0 Å². The molecule has 1 aliphatic rings. The first kappa shape index (κ1) is 20.7. The van der Waals surface area contributed by atoms with Crippen LogP contribution >= 0.6 is 12.4 Å². The summed E-state index contributed by atoms with van der Waals surface area (Å²) >= 11 is 0. The van der Waals surface area contributed by atoms with Gasteiger partial charge in [0.1, 0.15) is 0 Å². The standard InChI is InChI=1S/C20H22F3NO.ClH/c1-14(16-9-5-10-17(13-16)20(21,22)23)25-18-11-6-12-24-19(18)15-7-3-2-4-8-15;/h2-5,7-10,13-14,18-19,24H,6,11-12H2,1H3;1H/t14?,18-,19-;/m0./s1. The molecule has 142 valence electrons. The number of hydrogen-bond donors (Lipinski definition) is 1. The first-order chi connectivity index (χ1) is 11.9. The molecule has 0 saturated carbocycles. The summed E-state index contributed by atoms with van der Waals surface area (Å²) in [5.41, 5.74) is 1.05. The molecule has 2 aromatic carbocycles. The zero-order valence-electron chi connectivity index (χ0n) is 14.5. The van der Waals surface area contributed by atoms with E-state index >= 15 is 0 Å². The van der Waals surface area contributed by atoms with Crippen LogP contribution in [0.2, 0.25) is 0 Å². The van der Waals surface area contributed by atoms with Crippen LogP contribution in [0.15, 0.2) is 54.6 Å². The van der Waals surface area contributed by atoms with E-state index in [0.29, 0.717) is 5.56 Å². The molecule has 2 nitrogen and oxygen atoms in total. The highest BCUT2D eigenvalue weighted by atomic mass is 35.5. The predicted molar refractivity (Wildman–Crippen MR) is 98.4 cm³/mol.